The summed E-state index contributed by atoms with van der Waals surface area (Å²) >= 11 is 8.47. The largest absolute Gasteiger partial charge is 0.425 e. The van der Waals surface area contributed by atoms with Gasteiger partial charge in [-0.05, 0) is 60.6 Å². The quantitative estimate of drug-likeness (QED) is 0.101. The summed E-state index contributed by atoms with van der Waals surface area (Å²) < 4.78 is 12.1. The van der Waals surface area contributed by atoms with E-state index in [0.717, 1.165) is 74.6 Å². The molecule has 1 atom stereocenters. The molecule has 10 heteroatoms. The van der Waals surface area contributed by atoms with Gasteiger partial charge in [0.15, 0.2) is 6.23 Å². The second-order valence-corrected chi connectivity index (χ2v) is 16.3. The zero-order valence-electron chi connectivity index (χ0n) is 32.2. The Hall–Kier alpha value is -2.88. The van der Waals surface area contributed by atoms with Crippen LogP contribution in [0, 0.1) is 5.92 Å². The summed E-state index contributed by atoms with van der Waals surface area (Å²) in [6.45, 7) is 14.2. The Bertz CT molecular complexity index is 1570. The van der Waals surface area contributed by atoms with Gasteiger partial charge in [-0.15, -0.1) is 0 Å². The van der Waals surface area contributed by atoms with Gasteiger partial charge in [0, 0.05) is 62.1 Å². The topological polar surface area (TPSA) is 69.2 Å². The van der Waals surface area contributed by atoms with Crippen LogP contribution in [0.15, 0.2) is 36.4 Å². The van der Waals surface area contributed by atoms with Crippen molar-refractivity contribution < 1.29 is 14.3 Å². The predicted molar refractivity (Wildman–Crippen MR) is 218 cm³/mol. The number of halogens is 1. The average molecular weight is 753 g/mol. The van der Waals surface area contributed by atoms with Gasteiger partial charge in [-0.2, -0.15) is 4.37 Å². The third-order valence-electron chi connectivity index (χ3n) is 10.8. The number of anilines is 2. The molecule has 0 N–H and O–H groups in total. The van der Waals surface area contributed by atoms with Gasteiger partial charge in [-0.1, -0.05) is 121 Å². The van der Waals surface area contributed by atoms with E-state index in [1.165, 1.54) is 74.3 Å². The maximum atomic E-state index is 13.5. The molecule has 2 aromatic carbocycles. The zero-order chi connectivity index (χ0) is 36.9. The standard InChI is InChI=1S/C42H62ClN5O3S/c1-5-7-8-9-10-11-12-13-14-15-16-19-23-46(6-2)42(50)51-41(32(3)4)48-37-31-36(43)33(29-34(37)30-39(48)49)22-24-45-25-27-47(28-26-45)40-35-20-17-18-21-38(35)52-44-40/h17-18,20-21,29,31-32,41H,5-16,19,22-28,30H2,1-4H3. The molecule has 0 radical (unpaired) electrons. The Balaban J connectivity index is 1.08. The highest BCUT2D eigenvalue weighted by molar-refractivity contribution is 7.13. The molecule has 0 saturated carbocycles. The number of rotatable bonds is 21. The van der Waals surface area contributed by atoms with Crippen molar-refractivity contribution in [1.29, 1.82) is 0 Å². The molecular weight excluding hydrogens is 690 g/mol. The minimum atomic E-state index is -0.690. The number of ether oxygens (including phenoxy) is 1. The van der Waals surface area contributed by atoms with Gasteiger partial charge in [0.2, 0.25) is 5.91 Å². The Morgan fingerprint density at radius 3 is 2.23 bits per heavy atom. The molecular formula is C42H62ClN5O3S. The van der Waals surface area contributed by atoms with Crippen molar-refractivity contribution in [2.45, 2.75) is 124 Å². The summed E-state index contributed by atoms with van der Waals surface area (Å²) in [4.78, 5) is 35.3. The van der Waals surface area contributed by atoms with Crippen LogP contribution in [0.1, 0.15) is 116 Å². The molecule has 0 spiro atoms. The summed E-state index contributed by atoms with van der Waals surface area (Å²) in [6, 6.07) is 12.5. The van der Waals surface area contributed by atoms with E-state index in [9.17, 15) is 9.59 Å². The van der Waals surface area contributed by atoms with Gasteiger partial charge in [0.25, 0.3) is 0 Å². The normalized spacial score (nSPS) is 15.5. The van der Waals surface area contributed by atoms with Crippen LogP contribution in [0.2, 0.25) is 5.02 Å². The monoisotopic (exact) mass is 751 g/mol. The van der Waals surface area contributed by atoms with E-state index in [1.54, 1.807) is 21.3 Å². The van der Waals surface area contributed by atoms with Crippen LogP contribution < -0.4 is 9.80 Å². The third kappa shape index (κ3) is 10.8. The van der Waals surface area contributed by atoms with Crippen LogP contribution >= 0.6 is 23.1 Å². The molecule has 2 aliphatic rings. The smallest absolute Gasteiger partial charge is 0.411 e. The highest BCUT2D eigenvalue weighted by Crippen LogP contribution is 2.37. The molecule has 3 aromatic rings. The van der Waals surface area contributed by atoms with Gasteiger partial charge >= 0.3 is 6.09 Å². The fourth-order valence-corrected chi connectivity index (χ4v) is 8.68. The number of unbranched alkanes of at least 4 members (excludes halogenated alkanes) is 11. The number of amides is 2. The van der Waals surface area contributed by atoms with Crippen LogP contribution in [0.3, 0.4) is 0 Å². The lowest BCUT2D eigenvalue weighted by atomic mass is 10.0. The summed E-state index contributed by atoms with van der Waals surface area (Å²) in [5, 5.41) is 1.89. The fraction of sp³-hybridized carbons (Fsp3) is 0.643. The lowest BCUT2D eigenvalue weighted by molar-refractivity contribution is -0.119. The van der Waals surface area contributed by atoms with E-state index in [4.69, 9.17) is 20.7 Å². The first-order valence-electron chi connectivity index (χ1n) is 20.2. The molecule has 2 aliphatic heterocycles. The lowest BCUT2D eigenvalue weighted by Gasteiger charge is -2.35. The molecule has 1 aromatic heterocycles. The Kier molecular flexibility index (Phi) is 15.9. The highest BCUT2D eigenvalue weighted by Gasteiger charge is 2.38. The number of hydrogen-bond donors (Lipinski definition) is 0. The summed E-state index contributed by atoms with van der Waals surface area (Å²) in [6.07, 6.45) is 15.4. The highest BCUT2D eigenvalue weighted by atomic mass is 35.5. The van der Waals surface area contributed by atoms with Gasteiger partial charge in [-0.3, -0.25) is 14.6 Å². The minimum absolute atomic E-state index is 0.0515. The number of carbonyl (C=O) groups excluding carboxylic acids is 2. The van der Waals surface area contributed by atoms with Crippen LogP contribution in [-0.2, 0) is 22.4 Å². The second kappa shape index (κ2) is 20.5. The maximum absolute atomic E-state index is 13.5. The van der Waals surface area contributed by atoms with Gasteiger partial charge < -0.3 is 14.5 Å². The number of nitrogens with zero attached hydrogens (tertiary/aromatic N) is 5. The Morgan fingerprint density at radius 1 is 0.923 bits per heavy atom. The van der Waals surface area contributed by atoms with Crippen molar-refractivity contribution in [2.75, 3.05) is 55.6 Å². The molecule has 0 aliphatic carbocycles. The number of hydrogen-bond acceptors (Lipinski definition) is 7. The molecule has 5 rings (SSSR count). The van der Waals surface area contributed by atoms with E-state index in [1.807, 2.05) is 26.8 Å². The van der Waals surface area contributed by atoms with Crippen LogP contribution in [-0.4, -0.2) is 78.2 Å². The van der Waals surface area contributed by atoms with Crippen LogP contribution in [0.4, 0.5) is 16.3 Å². The van der Waals surface area contributed by atoms with Gasteiger partial charge in [0.05, 0.1) is 16.8 Å². The van der Waals surface area contributed by atoms with Crippen LogP contribution in [0.5, 0.6) is 0 Å². The first kappa shape index (κ1) is 40.3. The number of carbonyl (C=O) groups is 2. The lowest BCUT2D eigenvalue weighted by Crippen LogP contribution is -2.47. The maximum Gasteiger partial charge on any atom is 0.411 e. The number of benzene rings is 2. The van der Waals surface area contributed by atoms with Gasteiger partial charge in [0.1, 0.15) is 5.82 Å². The van der Waals surface area contributed by atoms with Crippen molar-refractivity contribution >= 4 is 56.7 Å². The zero-order valence-corrected chi connectivity index (χ0v) is 33.8. The van der Waals surface area contributed by atoms with E-state index < -0.39 is 6.23 Å². The molecule has 0 bridgehead atoms. The molecule has 8 nitrogen and oxygen atoms in total. The molecule has 1 saturated heterocycles. The number of aromatic nitrogens is 1. The number of fused-ring (bicyclic) bond motifs is 2. The molecule has 1 fully saturated rings. The van der Waals surface area contributed by atoms with Crippen molar-refractivity contribution in [1.82, 2.24) is 14.2 Å². The van der Waals surface area contributed by atoms with E-state index >= 15 is 0 Å². The average Bonchev–Trinajstić information content (AvgIpc) is 3.71. The molecule has 1 unspecified atom stereocenters. The van der Waals surface area contributed by atoms with Crippen molar-refractivity contribution in [3.8, 4) is 0 Å². The third-order valence-corrected chi connectivity index (χ3v) is 12.0. The number of piperazine rings is 1. The summed E-state index contributed by atoms with van der Waals surface area (Å²) in [5.41, 5.74) is 2.77. The van der Waals surface area contributed by atoms with E-state index in [0.29, 0.717) is 18.1 Å². The van der Waals surface area contributed by atoms with E-state index in [-0.39, 0.29) is 24.3 Å². The van der Waals surface area contributed by atoms with Crippen molar-refractivity contribution in [3.05, 3.63) is 52.5 Å². The van der Waals surface area contributed by atoms with Gasteiger partial charge in [-0.25, -0.2) is 4.79 Å². The Labute approximate surface area is 322 Å². The van der Waals surface area contributed by atoms with Crippen molar-refractivity contribution in [3.63, 3.8) is 0 Å². The molecule has 286 valence electrons. The minimum Gasteiger partial charge on any atom is -0.425 e. The molecule has 52 heavy (non-hydrogen) atoms. The first-order valence-corrected chi connectivity index (χ1v) is 21.4. The second-order valence-electron chi connectivity index (χ2n) is 15.1. The fourth-order valence-electron chi connectivity index (χ4n) is 7.63. The molecule has 3 heterocycles. The first-order chi connectivity index (χ1) is 25.3. The summed E-state index contributed by atoms with van der Waals surface area (Å²) in [5.74, 6) is 0.969. The predicted octanol–water partition coefficient (Wildman–Crippen LogP) is 10.3. The van der Waals surface area contributed by atoms with Crippen LogP contribution in [0.25, 0.3) is 10.1 Å². The SMILES string of the molecule is CCCCCCCCCCCCCCN(CC)C(=O)OC(C(C)C)N1C(=O)Cc2cc(CCN3CCN(c4nsc5ccccc45)CC3)c(Cl)cc21. The summed E-state index contributed by atoms with van der Waals surface area (Å²) in [7, 11) is 0. The van der Waals surface area contributed by atoms with Crippen molar-refractivity contribution in [2.24, 2.45) is 5.92 Å². The van der Waals surface area contributed by atoms with E-state index in [2.05, 4.69) is 47.1 Å². The Morgan fingerprint density at radius 2 is 1.58 bits per heavy atom. The molecule has 2 amide bonds.